The maximum atomic E-state index is 12.2. The summed E-state index contributed by atoms with van der Waals surface area (Å²) in [5.74, 6) is -2.23. The molecule has 0 radical (unpaired) electrons. The Bertz CT molecular complexity index is 870. The van der Waals surface area contributed by atoms with Gasteiger partial charge in [-0.2, -0.15) is 0 Å². The van der Waals surface area contributed by atoms with Gasteiger partial charge >= 0.3 is 12.1 Å². The average molecular weight is 463 g/mol. The van der Waals surface area contributed by atoms with E-state index in [9.17, 15) is 19.2 Å². The minimum Gasteiger partial charge on any atom is -0.456 e. The summed E-state index contributed by atoms with van der Waals surface area (Å²) in [5.41, 5.74) is 6.22. The molecule has 1 atom stereocenters. The highest BCUT2D eigenvalue weighted by atomic mass is 79.9. The van der Waals surface area contributed by atoms with Crippen LogP contribution in [0.5, 0.6) is 0 Å². The van der Waals surface area contributed by atoms with Crippen LogP contribution in [0.3, 0.4) is 0 Å². The maximum Gasteiger partial charge on any atom is 0.408 e. The highest BCUT2D eigenvalue weighted by molar-refractivity contribution is 9.10. The molecule has 2 aromatic carbocycles. The number of ether oxygens (including phenoxy) is 2. The third-order valence-corrected chi connectivity index (χ3v) is 4.24. The molecule has 0 spiro atoms. The molecule has 0 saturated heterocycles. The van der Waals surface area contributed by atoms with Crippen molar-refractivity contribution in [2.45, 2.75) is 19.1 Å². The topological polar surface area (TPSA) is 125 Å². The summed E-state index contributed by atoms with van der Waals surface area (Å²) < 4.78 is 10.7. The number of primary amides is 1. The zero-order valence-corrected chi connectivity index (χ0v) is 16.9. The summed E-state index contributed by atoms with van der Waals surface area (Å²) in [6.07, 6.45) is -1.41. The van der Waals surface area contributed by atoms with Crippen LogP contribution in [0.2, 0.25) is 0 Å². The van der Waals surface area contributed by atoms with Gasteiger partial charge in [-0.3, -0.25) is 9.59 Å². The lowest BCUT2D eigenvalue weighted by molar-refractivity contribution is -0.146. The molecule has 0 aliphatic carbocycles. The van der Waals surface area contributed by atoms with E-state index in [0.717, 1.165) is 10.0 Å². The number of hydrogen-bond donors (Lipinski definition) is 2. The predicted molar refractivity (Wildman–Crippen MR) is 107 cm³/mol. The zero-order chi connectivity index (χ0) is 21.2. The van der Waals surface area contributed by atoms with Gasteiger partial charge in [0, 0.05) is 10.0 Å². The first kappa shape index (κ1) is 22.1. The number of alkyl carbamates (subject to hydrolysis) is 1. The summed E-state index contributed by atoms with van der Waals surface area (Å²) in [6.45, 7) is -0.566. The molecule has 2 rings (SSSR count). The number of nitrogens with one attached hydrogen (secondary N) is 1. The number of carbonyl (C=O) groups is 4. The smallest absolute Gasteiger partial charge is 0.408 e. The fourth-order valence-corrected chi connectivity index (χ4v) is 2.52. The lowest BCUT2D eigenvalue weighted by atomic mass is 10.1. The molecule has 0 aliphatic heterocycles. The number of amides is 2. The van der Waals surface area contributed by atoms with Crippen molar-refractivity contribution < 1.29 is 28.7 Å². The molecule has 0 heterocycles. The van der Waals surface area contributed by atoms with E-state index >= 15 is 0 Å². The number of halogens is 1. The van der Waals surface area contributed by atoms with Crippen LogP contribution < -0.4 is 11.1 Å². The Kier molecular flexibility index (Phi) is 8.35. The van der Waals surface area contributed by atoms with Crippen molar-refractivity contribution in [2.24, 2.45) is 5.73 Å². The van der Waals surface area contributed by atoms with Crippen molar-refractivity contribution in [1.29, 1.82) is 0 Å². The molecule has 0 aromatic heterocycles. The number of hydrogen-bond acceptors (Lipinski definition) is 6. The van der Waals surface area contributed by atoms with E-state index in [4.69, 9.17) is 15.2 Å². The maximum absolute atomic E-state index is 12.2. The monoisotopic (exact) mass is 462 g/mol. The first-order valence-electron chi connectivity index (χ1n) is 8.56. The Morgan fingerprint density at radius 1 is 0.966 bits per heavy atom. The van der Waals surface area contributed by atoms with Gasteiger partial charge in [0.1, 0.15) is 12.6 Å². The fraction of sp³-hybridized carbons (Fsp3) is 0.200. The molecule has 152 valence electrons. The number of nitrogens with two attached hydrogens (primary N) is 1. The van der Waals surface area contributed by atoms with Crippen molar-refractivity contribution in [3.05, 3.63) is 70.2 Å². The molecule has 3 N–H and O–H groups in total. The van der Waals surface area contributed by atoms with E-state index in [1.165, 1.54) is 0 Å². The number of carbonyl (C=O) groups excluding carboxylic acids is 4. The third kappa shape index (κ3) is 7.74. The molecule has 8 nitrogen and oxygen atoms in total. The SMILES string of the molecule is NC(=O)C[C@@H](NC(=O)OCc1ccccc1)C(=O)OCC(=O)c1ccc(Br)cc1. The van der Waals surface area contributed by atoms with Crippen LogP contribution in [0, 0.1) is 0 Å². The van der Waals surface area contributed by atoms with Crippen LogP contribution in [-0.2, 0) is 25.7 Å². The second kappa shape index (κ2) is 11.0. The summed E-state index contributed by atoms with van der Waals surface area (Å²) in [5, 5.41) is 2.24. The van der Waals surface area contributed by atoms with E-state index in [-0.39, 0.29) is 6.61 Å². The molecule has 2 amide bonds. The fourth-order valence-electron chi connectivity index (χ4n) is 2.26. The van der Waals surface area contributed by atoms with Crippen LogP contribution in [0.1, 0.15) is 22.3 Å². The lowest BCUT2D eigenvalue weighted by Gasteiger charge is -2.16. The van der Waals surface area contributed by atoms with Gasteiger partial charge in [-0.1, -0.05) is 58.4 Å². The first-order chi connectivity index (χ1) is 13.8. The average Bonchev–Trinajstić information content (AvgIpc) is 2.70. The number of Topliss-reactive ketones (excluding diaryl/α,β-unsaturated/α-hetero) is 1. The molecule has 9 heteroatoms. The highest BCUT2D eigenvalue weighted by Crippen LogP contribution is 2.11. The molecular formula is C20H19BrN2O6. The van der Waals surface area contributed by atoms with Gasteiger partial charge in [0.2, 0.25) is 5.91 Å². The van der Waals surface area contributed by atoms with E-state index < -0.39 is 42.8 Å². The van der Waals surface area contributed by atoms with Gasteiger partial charge in [0.05, 0.1) is 6.42 Å². The molecule has 0 saturated carbocycles. The van der Waals surface area contributed by atoms with Gasteiger partial charge in [-0.15, -0.1) is 0 Å². The van der Waals surface area contributed by atoms with Crippen LogP contribution in [0.15, 0.2) is 59.1 Å². The van der Waals surface area contributed by atoms with Crippen LogP contribution >= 0.6 is 15.9 Å². The highest BCUT2D eigenvalue weighted by Gasteiger charge is 2.26. The minimum atomic E-state index is -1.37. The predicted octanol–water partition coefficient (Wildman–Crippen LogP) is 2.35. The third-order valence-electron chi connectivity index (χ3n) is 3.71. The van der Waals surface area contributed by atoms with Crippen molar-refractivity contribution >= 4 is 39.7 Å². The summed E-state index contributed by atoms with van der Waals surface area (Å²) in [6, 6.07) is 14.0. The van der Waals surface area contributed by atoms with Gasteiger partial charge < -0.3 is 20.5 Å². The lowest BCUT2D eigenvalue weighted by Crippen LogP contribution is -2.44. The summed E-state index contributed by atoms with van der Waals surface area (Å²) in [7, 11) is 0. The van der Waals surface area contributed by atoms with Gasteiger partial charge in [-0.05, 0) is 17.7 Å². The van der Waals surface area contributed by atoms with Crippen molar-refractivity contribution in [1.82, 2.24) is 5.32 Å². The normalized spacial score (nSPS) is 11.2. The first-order valence-corrected chi connectivity index (χ1v) is 9.35. The van der Waals surface area contributed by atoms with Crippen LogP contribution in [0.25, 0.3) is 0 Å². The van der Waals surface area contributed by atoms with Gasteiger partial charge in [-0.25, -0.2) is 9.59 Å². The Balaban J connectivity index is 1.89. The molecule has 0 bridgehead atoms. The van der Waals surface area contributed by atoms with Gasteiger partial charge in [0.15, 0.2) is 12.4 Å². The van der Waals surface area contributed by atoms with Gasteiger partial charge in [0.25, 0.3) is 0 Å². The number of benzene rings is 2. The Morgan fingerprint density at radius 2 is 1.62 bits per heavy atom. The molecule has 2 aromatic rings. The number of rotatable bonds is 9. The minimum absolute atomic E-state index is 0.0208. The summed E-state index contributed by atoms with van der Waals surface area (Å²) >= 11 is 3.26. The second-order valence-electron chi connectivity index (χ2n) is 5.97. The molecular weight excluding hydrogens is 444 g/mol. The van der Waals surface area contributed by atoms with Crippen molar-refractivity contribution in [2.75, 3.05) is 6.61 Å². The number of esters is 1. The van der Waals surface area contributed by atoms with E-state index in [2.05, 4.69) is 21.2 Å². The van der Waals surface area contributed by atoms with E-state index in [1.54, 1.807) is 48.5 Å². The summed E-state index contributed by atoms with van der Waals surface area (Å²) in [4.78, 5) is 47.5. The quantitative estimate of drug-likeness (QED) is 0.435. The Labute approximate surface area is 175 Å². The molecule has 0 unspecified atom stereocenters. The Hall–Kier alpha value is -3.20. The largest absolute Gasteiger partial charge is 0.456 e. The standard InChI is InChI=1S/C20H19BrN2O6/c21-15-8-6-14(7-9-15)17(24)12-28-19(26)16(10-18(22)25)23-20(27)29-11-13-4-2-1-3-5-13/h1-9,16H,10-12H2,(H2,22,25)(H,23,27)/t16-/m1/s1. The molecule has 29 heavy (non-hydrogen) atoms. The van der Waals surface area contributed by atoms with Crippen molar-refractivity contribution in [3.8, 4) is 0 Å². The van der Waals surface area contributed by atoms with E-state index in [1.807, 2.05) is 6.07 Å². The molecule has 0 aliphatic rings. The number of ketones is 1. The molecule has 0 fully saturated rings. The van der Waals surface area contributed by atoms with Crippen LogP contribution in [0.4, 0.5) is 4.79 Å². The second-order valence-corrected chi connectivity index (χ2v) is 6.88. The Morgan fingerprint density at radius 3 is 2.24 bits per heavy atom. The van der Waals surface area contributed by atoms with E-state index in [0.29, 0.717) is 5.56 Å². The van der Waals surface area contributed by atoms with Crippen molar-refractivity contribution in [3.63, 3.8) is 0 Å². The zero-order valence-electron chi connectivity index (χ0n) is 15.3. The van der Waals surface area contributed by atoms with Crippen LogP contribution in [-0.4, -0.2) is 36.4 Å².